The highest BCUT2D eigenvalue weighted by atomic mass is 16.4. The Morgan fingerprint density at radius 1 is 1.33 bits per heavy atom. The van der Waals surface area contributed by atoms with Crippen LogP contribution in [0.5, 0.6) is 0 Å². The largest absolute Gasteiger partial charge is 0.479 e. The number of aliphatic carboxylic acids is 1. The molecule has 0 radical (unpaired) electrons. The molecule has 1 saturated carbocycles. The van der Waals surface area contributed by atoms with Crippen LogP contribution in [-0.2, 0) is 4.79 Å². The quantitative estimate of drug-likeness (QED) is 0.583. The number of carboxylic acid groups (broad SMARTS) is 1. The van der Waals surface area contributed by atoms with Gasteiger partial charge in [0, 0.05) is 19.0 Å². The third kappa shape index (κ3) is 4.91. The van der Waals surface area contributed by atoms with Gasteiger partial charge in [0.25, 0.3) is 0 Å². The molecule has 1 rings (SSSR count). The van der Waals surface area contributed by atoms with E-state index in [1.165, 1.54) is 6.42 Å². The van der Waals surface area contributed by atoms with E-state index >= 15 is 0 Å². The topological polar surface area (TPSA) is 98.7 Å². The molecule has 1 fully saturated rings. The minimum absolute atomic E-state index is 0.0168. The van der Waals surface area contributed by atoms with Crippen LogP contribution >= 0.6 is 0 Å². The number of carbonyl (C=O) groups excluding carboxylic acids is 1. The van der Waals surface area contributed by atoms with Crippen molar-refractivity contribution >= 4 is 12.0 Å². The zero-order valence-electron chi connectivity index (χ0n) is 10.7. The van der Waals surface area contributed by atoms with Crippen molar-refractivity contribution in [2.75, 3.05) is 6.54 Å². The number of hydrogen-bond donors (Lipinski definition) is 4. The van der Waals surface area contributed by atoms with Gasteiger partial charge in [-0.15, -0.1) is 0 Å². The lowest BCUT2D eigenvalue weighted by Gasteiger charge is -2.29. The summed E-state index contributed by atoms with van der Waals surface area (Å²) in [6.45, 7) is 2.28. The molecule has 6 heteroatoms. The first-order valence-corrected chi connectivity index (χ1v) is 6.46. The summed E-state index contributed by atoms with van der Waals surface area (Å²) in [7, 11) is 0. The molecule has 1 aliphatic carbocycles. The first-order valence-electron chi connectivity index (χ1n) is 6.46. The Balaban J connectivity index is 2.19. The van der Waals surface area contributed by atoms with Crippen LogP contribution in [0, 0.1) is 5.92 Å². The number of hydrogen-bond acceptors (Lipinski definition) is 3. The number of carboxylic acids is 1. The van der Waals surface area contributed by atoms with Crippen LogP contribution in [0.2, 0.25) is 0 Å². The Kier molecular flexibility index (Phi) is 5.91. The maximum Gasteiger partial charge on any atom is 0.332 e. The number of rotatable bonds is 5. The lowest BCUT2D eigenvalue weighted by molar-refractivity contribution is -0.146. The molecule has 18 heavy (non-hydrogen) atoms. The molecule has 0 spiro atoms. The van der Waals surface area contributed by atoms with E-state index in [4.69, 9.17) is 10.2 Å². The van der Waals surface area contributed by atoms with E-state index in [0.717, 1.165) is 19.3 Å². The van der Waals surface area contributed by atoms with Gasteiger partial charge in [0.05, 0.1) is 0 Å². The summed E-state index contributed by atoms with van der Waals surface area (Å²) in [5.41, 5.74) is 0. The van der Waals surface area contributed by atoms with Crippen molar-refractivity contribution < 1.29 is 19.8 Å². The van der Waals surface area contributed by atoms with Gasteiger partial charge in [-0.05, 0) is 18.8 Å². The van der Waals surface area contributed by atoms with Gasteiger partial charge in [0.1, 0.15) is 0 Å². The van der Waals surface area contributed by atoms with Gasteiger partial charge >= 0.3 is 12.0 Å². The fourth-order valence-corrected chi connectivity index (χ4v) is 2.20. The summed E-state index contributed by atoms with van der Waals surface area (Å²) in [5, 5.41) is 23.0. The third-order valence-corrected chi connectivity index (χ3v) is 3.42. The minimum atomic E-state index is -1.42. The summed E-state index contributed by atoms with van der Waals surface area (Å²) < 4.78 is 0. The number of aliphatic hydroxyl groups is 1. The van der Waals surface area contributed by atoms with E-state index in [9.17, 15) is 9.59 Å². The van der Waals surface area contributed by atoms with Crippen LogP contribution in [0.4, 0.5) is 4.79 Å². The molecule has 3 atom stereocenters. The van der Waals surface area contributed by atoms with E-state index in [1.807, 2.05) is 0 Å². The molecule has 0 aromatic carbocycles. The van der Waals surface area contributed by atoms with Crippen molar-refractivity contribution in [3.63, 3.8) is 0 Å². The maximum atomic E-state index is 11.6. The van der Waals surface area contributed by atoms with Crippen molar-refractivity contribution in [1.82, 2.24) is 10.6 Å². The molecular formula is C12H22N2O4. The van der Waals surface area contributed by atoms with Crippen LogP contribution < -0.4 is 10.6 Å². The Morgan fingerprint density at radius 2 is 2.00 bits per heavy atom. The average molecular weight is 258 g/mol. The first-order chi connectivity index (χ1) is 8.50. The summed E-state index contributed by atoms with van der Waals surface area (Å²) >= 11 is 0. The fraction of sp³-hybridized carbons (Fsp3) is 0.833. The van der Waals surface area contributed by atoms with Crippen molar-refractivity contribution in [3.05, 3.63) is 0 Å². The predicted molar refractivity (Wildman–Crippen MR) is 66.2 cm³/mol. The molecule has 0 bridgehead atoms. The van der Waals surface area contributed by atoms with Crippen molar-refractivity contribution in [2.24, 2.45) is 5.92 Å². The van der Waals surface area contributed by atoms with E-state index < -0.39 is 12.1 Å². The molecule has 1 aliphatic rings. The van der Waals surface area contributed by atoms with Crippen molar-refractivity contribution in [1.29, 1.82) is 0 Å². The molecule has 104 valence electrons. The zero-order valence-corrected chi connectivity index (χ0v) is 10.7. The highest BCUT2D eigenvalue weighted by Crippen LogP contribution is 2.23. The normalized spacial score (nSPS) is 25.2. The smallest absolute Gasteiger partial charge is 0.332 e. The van der Waals surface area contributed by atoms with Gasteiger partial charge in [-0.25, -0.2) is 9.59 Å². The summed E-state index contributed by atoms with van der Waals surface area (Å²) in [6.07, 6.45) is 3.07. The molecule has 4 N–H and O–H groups in total. The molecule has 2 amide bonds. The van der Waals surface area contributed by atoms with Crippen molar-refractivity contribution in [2.45, 2.75) is 51.2 Å². The van der Waals surface area contributed by atoms with E-state index in [-0.39, 0.29) is 25.0 Å². The Bertz CT molecular complexity index is 296. The molecule has 0 heterocycles. The molecule has 0 aliphatic heterocycles. The molecule has 0 saturated heterocycles. The third-order valence-electron chi connectivity index (χ3n) is 3.42. The van der Waals surface area contributed by atoms with Gasteiger partial charge in [-0.2, -0.15) is 0 Å². The zero-order chi connectivity index (χ0) is 13.5. The lowest BCUT2D eigenvalue weighted by Crippen LogP contribution is -2.46. The predicted octanol–water partition coefficient (Wildman–Crippen LogP) is 0.700. The van der Waals surface area contributed by atoms with Gasteiger partial charge in [0.15, 0.2) is 6.10 Å². The number of nitrogens with one attached hydrogen (secondary N) is 2. The van der Waals surface area contributed by atoms with E-state index in [0.29, 0.717) is 5.92 Å². The summed E-state index contributed by atoms with van der Waals surface area (Å²) in [6, 6.07) is -0.0884. The van der Waals surface area contributed by atoms with Gasteiger partial charge in [-0.3, -0.25) is 0 Å². The second kappa shape index (κ2) is 7.20. The molecule has 0 aromatic heterocycles. The number of aliphatic hydroxyl groups excluding tert-OH is 1. The van der Waals surface area contributed by atoms with Crippen LogP contribution in [0.25, 0.3) is 0 Å². The Hall–Kier alpha value is -1.30. The highest BCUT2D eigenvalue weighted by Gasteiger charge is 2.22. The Morgan fingerprint density at radius 3 is 2.61 bits per heavy atom. The Labute approximate surface area is 107 Å². The number of amides is 2. The van der Waals surface area contributed by atoms with Crippen LogP contribution in [0.15, 0.2) is 0 Å². The second-order valence-electron chi connectivity index (χ2n) is 4.91. The second-order valence-corrected chi connectivity index (χ2v) is 4.91. The lowest BCUT2D eigenvalue weighted by atomic mass is 9.86. The SMILES string of the molecule is CC1CCCCC1NC(=O)NCCC(O)C(=O)O. The monoisotopic (exact) mass is 258 g/mol. The van der Waals surface area contributed by atoms with E-state index in [1.54, 1.807) is 0 Å². The van der Waals surface area contributed by atoms with Gasteiger partial charge in [-0.1, -0.05) is 19.8 Å². The molecule has 6 nitrogen and oxygen atoms in total. The molecule has 0 aromatic rings. The van der Waals surface area contributed by atoms with Crippen LogP contribution in [-0.4, -0.2) is 40.9 Å². The van der Waals surface area contributed by atoms with Crippen LogP contribution in [0.3, 0.4) is 0 Å². The van der Waals surface area contributed by atoms with Crippen LogP contribution in [0.1, 0.15) is 39.0 Å². The fourth-order valence-electron chi connectivity index (χ4n) is 2.20. The standard InChI is InChI=1S/C12H22N2O4/c1-8-4-2-3-5-9(8)14-12(18)13-7-6-10(15)11(16)17/h8-10,15H,2-7H2,1H3,(H,16,17)(H2,13,14,18). The molecule has 3 unspecified atom stereocenters. The molecular weight excluding hydrogens is 236 g/mol. The highest BCUT2D eigenvalue weighted by molar-refractivity contribution is 5.74. The summed E-state index contributed by atoms with van der Waals surface area (Å²) in [4.78, 5) is 21.9. The number of carbonyl (C=O) groups is 2. The number of urea groups is 1. The summed E-state index contributed by atoms with van der Waals surface area (Å²) in [5.74, 6) is -0.785. The average Bonchev–Trinajstić information content (AvgIpc) is 2.32. The van der Waals surface area contributed by atoms with Gasteiger partial charge in [0.2, 0.25) is 0 Å². The van der Waals surface area contributed by atoms with E-state index in [2.05, 4.69) is 17.6 Å². The van der Waals surface area contributed by atoms with Gasteiger partial charge < -0.3 is 20.8 Å². The first kappa shape index (κ1) is 14.8. The maximum absolute atomic E-state index is 11.6. The van der Waals surface area contributed by atoms with Crippen molar-refractivity contribution in [3.8, 4) is 0 Å². The minimum Gasteiger partial charge on any atom is -0.479 e.